The first-order valence-corrected chi connectivity index (χ1v) is 7.76. The Labute approximate surface area is 141 Å². The van der Waals surface area contributed by atoms with Crippen LogP contribution >= 0.6 is 22.6 Å². The fourth-order valence-corrected chi connectivity index (χ4v) is 3.13. The lowest BCUT2D eigenvalue weighted by molar-refractivity contribution is 0.356. The van der Waals surface area contributed by atoms with Crippen LogP contribution in [0.1, 0.15) is 0 Å². The van der Waals surface area contributed by atoms with Crippen LogP contribution < -0.4 is 14.9 Å². The zero-order chi connectivity index (χ0) is 15.7. The number of benzene rings is 2. The van der Waals surface area contributed by atoms with Crippen molar-refractivity contribution in [2.75, 3.05) is 14.2 Å². The van der Waals surface area contributed by atoms with E-state index in [-0.39, 0.29) is 5.43 Å². The minimum Gasteiger partial charge on any atom is -0.493 e. The zero-order valence-electron chi connectivity index (χ0n) is 12.1. The Hall–Kier alpha value is -2.02. The van der Waals surface area contributed by atoms with E-state index in [0.29, 0.717) is 20.5 Å². The maximum Gasteiger partial charge on any atom is 0.203 e. The predicted molar refractivity (Wildman–Crippen MR) is 95.8 cm³/mol. The van der Waals surface area contributed by atoms with Crippen molar-refractivity contribution in [2.24, 2.45) is 0 Å². The zero-order valence-corrected chi connectivity index (χ0v) is 14.3. The van der Waals surface area contributed by atoms with E-state index in [0.717, 1.165) is 16.8 Å². The van der Waals surface area contributed by atoms with Crippen molar-refractivity contribution in [1.82, 2.24) is 4.98 Å². The molecule has 0 bridgehead atoms. The first-order valence-electron chi connectivity index (χ1n) is 6.68. The highest BCUT2D eigenvalue weighted by Crippen LogP contribution is 2.32. The molecular weight excluding hydrogens is 393 g/mol. The normalized spacial score (nSPS) is 10.7. The molecule has 1 aromatic heterocycles. The number of H-pyrrole nitrogens is 1. The highest BCUT2D eigenvalue weighted by Gasteiger charge is 2.14. The van der Waals surface area contributed by atoms with Crippen LogP contribution in [0.25, 0.3) is 22.2 Å². The van der Waals surface area contributed by atoms with Gasteiger partial charge in [0.2, 0.25) is 5.43 Å². The maximum atomic E-state index is 12.7. The molecule has 2 aromatic carbocycles. The Bertz CT molecular complexity index is 888. The van der Waals surface area contributed by atoms with Gasteiger partial charge >= 0.3 is 0 Å². The third-order valence-electron chi connectivity index (χ3n) is 3.51. The highest BCUT2D eigenvalue weighted by molar-refractivity contribution is 14.1. The number of halogens is 1. The van der Waals surface area contributed by atoms with E-state index >= 15 is 0 Å². The van der Waals surface area contributed by atoms with Gasteiger partial charge in [-0.15, -0.1) is 0 Å². The summed E-state index contributed by atoms with van der Waals surface area (Å²) in [5.41, 5.74) is 2.49. The summed E-state index contributed by atoms with van der Waals surface area (Å²) in [6, 6.07) is 13.3. The molecule has 0 unspecified atom stereocenters. The number of hydrogen-bond acceptors (Lipinski definition) is 3. The molecule has 4 nitrogen and oxygen atoms in total. The minimum absolute atomic E-state index is 0.0193. The van der Waals surface area contributed by atoms with E-state index in [9.17, 15) is 4.79 Å². The van der Waals surface area contributed by atoms with Gasteiger partial charge in [-0.3, -0.25) is 4.79 Å². The molecule has 3 aromatic rings. The van der Waals surface area contributed by atoms with Gasteiger partial charge in [-0.1, -0.05) is 30.3 Å². The number of fused-ring (bicyclic) bond motifs is 1. The summed E-state index contributed by atoms with van der Waals surface area (Å²) in [6.07, 6.45) is 0. The van der Waals surface area contributed by atoms with Crippen LogP contribution in [0.2, 0.25) is 0 Å². The molecule has 0 amide bonds. The molecule has 1 N–H and O–H groups in total. The number of nitrogens with one attached hydrogen (secondary N) is 1. The third kappa shape index (κ3) is 2.45. The Morgan fingerprint density at radius 2 is 1.64 bits per heavy atom. The Morgan fingerprint density at radius 3 is 2.27 bits per heavy atom. The second-order valence-corrected chi connectivity index (χ2v) is 5.84. The number of aromatic amines is 1. The second-order valence-electron chi connectivity index (χ2n) is 4.76. The van der Waals surface area contributed by atoms with Gasteiger partial charge in [0.25, 0.3) is 0 Å². The van der Waals surface area contributed by atoms with Crippen molar-refractivity contribution in [3.05, 3.63) is 56.3 Å². The lowest BCUT2D eigenvalue weighted by Crippen LogP contribution is -2.10. The molecule has 22 heavy (non-hydrogen) atoms. The molecule has 5 heteroatoms. The largest absolute Gasteiger partial charge is 0.493 e. The summed E-state index contributed by atoms with van der Waals surface area (Å²) >= 11 is 2.08. The fourth-order valence-electron chi connectivity index (χ4n) is 2.40. The lowest BCUT2D eigenvalue weighted by atomic mass is 10.1. The van der Waals surface area contributed by atoms with Gasteiger partial charge < -0.3 is 14.5 Å². The first kappa shape index (κ1) is 14.9. The number of rotatable bonds is 3. The van der Waals surface area contributed by atoms with Crippen LogP contribution in [0.3, 0.4) is 0 Å². The summed E-state index contributed by atoms with van der Waals surface area (Å²) in [6.45, 7) is 0. The topological polar surface area (TPSA) is 51.3 Å². The third-order valence-corrected chi connectivity index (χ3v) is 4.54. The fraction of sp³-hybridized carbons (Fsp3) is 0.118. The summed E-state index contributed by atoms with van der Waals surface area (Å²) in [5.74, 6) is 1.13. The van der Waals surface area contributed by atoms with Crippen LogP contribution in [-0.4, -0.2) is 19.2 Å². The van der Waals surface area contributed by atoms with Crippen molar-refractivity contribution in [2.45, 2.75) is 0 Å². The molecule has 0 fully saturated rings. The number of hydrogen-bond donors (Lipinski definition) is 1. The number of methoxy groups -OCH3 is 2. The van der Waals surface area contributed by atoms with Gasteiger partial charge in [0.15, 0.2) is 11.5 Å². The van der Waals surface area contributed by atoms with Gasteiger partial charge in [-0.2, -0.15) is 0 Å². The molecule has 0 saturated carbocycles. The second kappa shape index (κ2) is 6.00. The van der Waals surface area contributed by atoms with Crippen molar-refractivity contribution < 1.29 is 9.47 Å². The van der Waals surface area contributed by atoms with Gasteiger partial charge in [0.1, 0.15) is 0 Å². The van der Waals surface area contributed by atoms with Gasteiger partial charge in [0, 0.05) is 6.07 Å². The lowest BCUT2D eigenvalue weighted by Gasteiger charge is -2.11. The van der Waals surface area contributed by atoms with E-state index in [2.05, 4.69) is 27.6 Å². The molecule has 3 rings (SSSR count). The van der Waals surface area contributed by atoms with E-state index in [1.54, 1.807) is 26.4 Å². The van der Waals surface area contributed by atoms with Crippen molar-refractivity contribution in [1.29, 1.82) is 0 Å². The summed E-state index contributed by atoms with van der Waals surface area (Å²) in [5, 5.41) is 0.585. The van der Waals surface area contributed by atoms with Crippen molar-refractivity contribution in [3.8, 4) is 22.8 Å². The summed E-state index contributed by atoms with van der Waals surface area (Å²) < 4.78 is 11.2. The van der Waals surface area contributed by atoms with Crippen LogP contribution in [0, 0.1) is 3.57 Å². The van der Waals surface area contributed by atoms with Gasteiger partial charge in [-0.25, -0.2) is 0 Å². The van der Waals surface area contributed by atoms with Gasteiger partial charge in [0.05, 0.1) is 34.4 Å². The molecule has 0 aliphatic carbocycles. The van der Waals surface area contributed by atoms with E-state index in [1.165, 1.54) is 0 Å². The Balaban J connectivity index is 2.34. The standard InChI is InChI=1S/C17H14INO3/c1-21-13-8-11-12(9-14(13)22-2)19-16(15(18)17(11)20)10-6-4-3-5-7-10/h3-9H,1-2H3,(H,19,20). The van der Waals surface area contributed by atoms with E-state index < -0.39 is 0 Å². The van der Waals surface area contributed by atoms with Crippen molar-refractivity contribution >= 4 is 33.5 Å². The molecule has 0 atom stereocenters. The molecule has 0 aliphatic rings. The maximum absolute atomic E-state index is 12.7. The minimum atomic E-state index is -0.0193. The average molecular weight is 407 g/mol. The van der Waals surface area contributed by atoms with E-state index in [1.807, 2.05) is 30.3 Å². The first-order chi connectivity index (χ1) is 10.7. The van der Waals surface area contributed by atoms with Crippen LogP contribution in [0.5, 0.6) is 11.5 Å². The molecule has 1 heterocycles. The highest BCUT2D eigenvalue weighted by atomic mass is 127. The molecule has 0 radical (unpaired) electrons. The Morgan fingerprint density at radius 1 is 1.00 bits per heavy atom. The predicted octanol–water partition coefficient (Wildman–Crippen LogP) is 3.82. The summed E-state index contributed by atoms with van der Waals surface area (Å²) in [7, 11) is 3.13. The van der Waals surface area contributed by atoms with E-state index in [4.69, 9.17) is 9.47 Å². The molecular formula is C17H14INO3. The SMILES string of the molecule is COc1cc2[nH]c(-c3ccccc3)c(I)c(=O)c2cc1OC. The average Bonchev–Trinajstić information content (AvgIpc) is 2.57. The number of pyridine rings is 1. The number of ether oxygens (including phenoxy) is 2. The van der Waals surface area contributed by atoms with Gasteiger partial charge in [-0.05, 0) is 34.2 Å². The van der Waals surface area contributed by atoms with Crippen LogP contribution in [0.15, 0.2) is 47.3 Å². The molecule has 112 valence electrons. The Kier molecular flexibility index (Phi) is 4.06. The van der Waals surface area contributed by atoms with Crippen molar-refractivity contribution in [3.63, 3.8) is 0 Å². The van der Waals surface area contributed by atoms with Crippen LogP contribution in [0.4, 0.5) is 0 Å². The summed E-state index contributed by atoms with van der Waals surface area (Å²) in [4.78, 5) is 16.0. The molecule has 0 spiro atoms. The number of aromatic nitrogens is 1. The monoisotopic (exact) mass is 407 g/mol. The van der Waals surface area contributed by atoms with Crippen LogP contribution in [-0.2, 0) is 0 Å². The quantitative estimate of drug-likeness (QED) is 0.672. The molecule has 0 aliphatic heterocycles. The molecule has 0 saturated heterocycles. The smallest absolute Gasteiger partial charge is 0.203 e.